The Morgan fingerprint density at radius 2 is 1.85 bits per heavy atom. The number of hydrogen-bond donors (Lipinski definition) is 1. The van der Waals surface area contributed by atoms with Crippen molar-refractivity contribution in [3.05, 3.63) is 5.82 Å². The van der Waals surface area contributed by atoms with Crippen molar-refractivity contribution in [2.45, 2.75) is 31.3 Å². The molecule has 1 aromatic heterocycles. The standard InChI is InChI=1S/C7H13N3O2S/c1-7(2,3)5-8-6(10-9-5)13(4,11)12/h1-4H3,(H,8,9,10). The van der Waals surface area contributed by atoms with E-state index in [4.69, 9.17) is 0 Å². The number of H-pyrrole nitrogens is 1. The van der Waals surface area contributed by atoms with Gasteiger partial charge in [0.25, 0.3) is 5.16 Å². The van der Waals surface area contributed by atoms with E-state index < -0.39 is 9.84 Å². The summed E-state index contributed by atoms with van der Waals surface area (Å²) in [5.74, 6) is 0.577. The highest BCUT2D eigenvalue weighted by Gasteiger charge is 2.21. The molecule has 0 bridgehead atoms. The second-order valence-corrected chi connectivity index (χ2v) is 5.90. The van der Waals surface area contributed by atoms with Crippen LogP contribution < -0.4 is 0 Å². The summed E-state index contributed by atoms with van der Waals surface area (Å²) in [6.07, 6.45) is 1.09. The second kappa shape index (κ2) is 2.80. The van der Waals surface area contributed by atoms with Crippen molar-refractivity contribution < 1.29 is 8.42 Å². The molecule has 0 aliphatic carbocycles. The smallest absolute Gasteiger partial charge is 0.262 e. The number of nitrogens with zero attached hydrogens (tertiary/aromatic N) is 2. The van der Waals surface area contributed by atoms with Crippen molar-refractivity contribution in [3.8, 4) is 0 Å². The maximum absolute atomic E-state index is 11.0. The maximum Gasteiger partial charge on any atom is 0.266 e. The van der Waals surface area contributed by atoms with Crippen LogP contribution in [0.2, 0.25) is 0 Å². The van der Waals surface area contributed by atoms with Gasteiger partial charge in [0, 0.05) is 11.7 Å². The SMILES string of the molecule is CC(C)(C)c1nc(S(C)(=O)=O)n[nH]1. The largest absolute Gasteiger partial charge is 0.266 e. The van der Waals surface area contributed by atoms with Crippen LogP contribution >= 0.6 is 0 Å². The minimum absolute atomic E-state index is 0.141. The van der Waals surface area contributed by atoms with Crippen molar-refractivity contribution >= 4 is 9.84 Å². The molecule has 0 atom stereocenters. The number of aromatic amines is 1. The van der Waals surface area contributed by atoms with Crippen LogP contribution in [0.5, 0.6) is 0 Å². The summed E-state index contributed by atoms with van der Waals surface area (Å²) in [6.45, 7) is 5.79. The molecule has 1 N–H and O–H groups in total. The molecule has 0 saturated carbocycles. The second-order valence-electron chi connectivity index (χ2n) is 3.99. The van der Waals surface area contributed by atoms with Gasteiger partial charge in [-0.3, -0.25) is 5.10 Å². The fourth-order valence-corrected chi connectivity index (χ4v) is 1.22. The van der Waals surface area contributed by atoms with E-state index in [0.717, 1.165) is 6.26 Å². The third-order valence-electron chi connectivity index (χ3n) is 1.51. The van der Waals surface area contributed by atoms with Gasteiger partial charge in [-0.2, -0.15) is 0 Å². The monoisotopic (exact) mass is 203 g/mol. The lowest BCUT2D eigenvalue weighted by Crippen LogP contribution is -2.13. The molecule has 0 aliphatic heterocycles. The zero-order chi connectivity index (χ0) is 10.3. The van der Waals surface area contributed by atoms with Crippen LogP contribution in [0.15, 0.2) is 5.16 Å². The Balaban J connectivity index is 3.16. The lowest BCUT2D eigenvalue weighted by molar-refractivity contribution is 0.546. The molecule has 0 aromatic carbocycles. The van der Waals surface area contributed by atoms with Gasteiger partial charge in [-0.15, -0.1) is 5.10 Å². The van der Waals surface area contributed by atoms with Gasteiger partial charge < -0.3 is 0 Å². The molecular weight excluding hydrogens is 190 g/mol. The van der Waals surface area contributed by atoms with Crippen LogP contribution in [-0.4, -0.2) is 29.9 Å². The Labute approximate surface area is 77.5 Å². The van der Waals surface area contributed by atoms with E-state index in [1.54, 1.807) is 0 Å². The van der Waals surface area contributed by atoms with Crippen LogP contribution in [-0.2, 0) is 15.3 Å². The number of sulfone groups is 1. The van der Waals surface area contributed by atoms with Gasteiger partial charge in [-0.25, -0.2) is 13.4 Å². The average Bonchev–Trinajstić information content (AvgIpc) is 2.28. The Morgan fingerprint density at radius 3 is 2.08 bits per heavy atom. The van der Waals surface area contributed by atoms with Gasteiger partial charge in [0.2, 0.25) is 9.84 Å². The third kappa shape index (κ3) is 2.27. The summed E-state index contributed by atoms with van der Waals surface area (Å²) in [6, 6.07) is 0. The molecule has 0 unspecified atom stereocenters. The summed E-state index contributed by atoms with van der Waals surface area (Å²) in [5.41, 5.74) is -0.212. The summed E-state index contributed by atoms with van der Waals surface area (Å²) in [7, 11) is -3.30. The predicted octanol–water partition coefficient (Wildman–Crippen LogP) is 0.506. The number of hydrogen-bond acceptors (Lipinski definition) is 4. The number of nitrogens with one attached hydrogen (secondary N) is 1. The molecule has 0 radical (unpaired) electrons. The van der Waals surface area contributed by atoms with Crippen LogP contribution in [0.1, 0.15) is 26.6 Å². The van der Waals surface area contributed by atoms with Gasteiger partial charge in [0.15, 0.2) is 0 Å². The quantitative estimate of drug-likeness (QED) is 0.721. The molecule has 74 valence electrons. The van der Waals surface area contributed by atoms with Crippen molar-refractivity contribution in [3.63, 3.8) is 0 Å². The normalized spacial score (nSPS) is 13.2. The first-order valence-corrected chi connectivity index (χ1v) is 5.73. The fourth-order valence-electron chi connectivity index (χ4n) is 0.748. The van der Waals surface area contributed by atoms with E-state index in [-0.39, 0.29) is 10.6 Å². The van der Waals surface area contributed by atoms with Gasteiger partial charge >= 0.3 is 0 Å². The third-order valence-corrected chi connectivity index (χ3v) is 2.35. The molecule has 1 heterocycles. The highest BCUT2D eigenvalue weighted by Crippen LogP contribution is 2.18. The summed E-state index contributed by atoms with van der Waals surface area (Å²) >= 11 is 0. The Hall–Kier alpha value is -0.910. The van der Waals surface area contributed by atoms with Gasteiger partial charge in [-0.05, 0) is 0 Å². The zero-order valence-electron chi connectivity index (χ0n) is 8.12. The molecule has 1 aromatic rings. The van der Waals surface area contributed by atoms with Crippen molar-refractivity contribution in [2.24, 2.45) is 0 Å². The van der Waals surface area contributed by atoms with Crippen LogP contribution in [0, 0.1) is 0 Å². The highest BCUT2D eigenvalue weighted by molar-refractivity contribution is 7.90. The van der Waals surface area contributed by atoms with E-state index in [2.05, 4.69) is 15.2 Å². The number of aromatic nitrogens is 3. The van der Waals surface area contributed by atoms with Crippen LogP contribution in [0.4, 0.5) is 0 Å². The first-order chi connectivity index (χ1) is 5.71. The van der Waals surface area contributed by atoms with Gasteiger partial charge in [0.1, 0.15) is 5.82 Å². The lowest BCUT2D eigenvalue weighted by Gasteiger charge is -2.12. The molecule has 0 aliphatic rings. The van der Waals surface area contributed by atoms with Crippen molar-refractivity contribution in [1.29, 1.82) is 0 Å². The van der Waals surface area contributed by atoms with Crippen LogP contribution in [0.3, 0.4) is 0 Å². The molecule has 13 heavy (non-hydrogen) atoms. The van der Waals surface area contributed by atoms with Crippen molar-refractivity contribution in [1.82, 2.24) is 15.2 Å². The molecule has 0 saturated heterocycles. The van der Waals surface area contributed by atoms with E-state index in [1.807, 2.05) is 20.8 Å². The minimum Gasteiger partial charge on any atom is -0.262 e. The average molecular weight is 203 g/mol. The van der Waals surface area contributed by atoms with E-state index in [0.29, 0.717) is 5.82 Å². The Kier molecular flexibility index (Phi) is 2.19. The highest BCUT2D eigenvalue weighted by atomic mass is 32.2. The molecule has 0 amide bonds. The summed E-state index contributed by atoms with van der Waals surface area (Å²) in [5, 5.41) is 6.10. The van der Waals surface area contributed by atoms with Gasteiger partial charge in [-0.1, -0.05) is 20.8 Å². The number of rotatable bonds is 1. The van der Waals surface area contributed by atoms with E-state index >= 15 is 0 Å². The molecule has 5 nitrogen and oxygen atoms in total. The zero-order valence-corrected chi connectivity index (χ0v) is 8.94. The first kappa shape index (κ1) is 10.2. The van der Waals surface area contributed by atoms with Crippen LogP contribution in [0.25, 0.3) is 0 Å². The van der Waals surface area contributed by atoms with Crippen molar-refractivity contribution in [2.75, 3.05) is 6.26 Å². The fraction of sp³-hybridized carbons (Fsp3) is 0.714. The summed E-state index contributed by atoms with van der Waals surface area (Å²) < 4.78 is 22.1. The molecule has 0 fully saturated rings. The lowest BCUT2D eigenvalue weighted by atomic mass is 9.96. The van der Waals surface area contributed by atoms with E-state index in [9.17, 15) is 8.42 Å². The minimum atomic E-state index is -3.30. The topological polar surface area (TPSA) is 75.7 Å². The molecule has 0 spiro atoms. The molecule has 1 rings (SSSR count). The molecular formula is C7H13N3O2S. The first-order valence-electron chi connectivity index (χ1n) is 3.84. The Morgan fingerprint density at radius 1 is 1.31 bits per heavy atom. The predicted molar refractivity (Wildman–Crippen MR) is 48.2 cm³/mol. The van der Waals surface area contributed by atoms with Gasteiger partial charge in [0.05, 0.1) is 0 Å². The Bertz CT molecular complexity index is 400. The molecule has 6 heteroatoms. The van der Waals surface area contributed by atoms with E-state index in [1.165, 1.54) is 0 Å². The summed E-state index contributed by atoms with van der Waals surface area (Å²) in [4.78, 5) is 3.90. The maximum atomic E-state index is 11.0.